The van der Waals surface area contributed by atoms with Crippen molar-refractivity contribution >= 4 is 12.1 Å². The zero-order valence-corrected chi connectivity index (χ0v) is 20.2. The lowest BCUT2D eigenvalue weighted by Crippen LogP contribution is -2.39. The molecule has 0 saturated carbocycles. The fraction of sp³-hybridized carbons (Fsp3) is 0.161. The summed E-state index contributed by atoms with van der Waals surface area (Å²) in [5, 5.41) is 12.2. The SMILES string of the molecule is O=C(O)CC(Cc1cccc(Oc2ccccc2)c1)NC(=O)OCC1c2ccccc2-c2ccccc21. The van der Waals surface area contributed by atoms with E-state index in [0.717, 1.165) is 27.8 Å². The van der Waals surface area contributed by atoms with Gasteiger partial charge in [-0.25, -0.2) is 4.79 Å². The third kappa shape index (κ3) is 5.81. The summed E-state index contributed by atoms with van der Waals surface area (Å²) in [6.45, 7) is 0.167. The number of nitrogens with one attached hydrogen (secondary N) is 1. The number of ether oxygens (including phenoxy) is 2. The number of hydrogen-bond donors (Lipinski definition) is 2. The summed E-state index contributed by atoms with van der Waals surface area (Å²) in [6.07, 6.45) is -0.541. The summed E-state index contributed by atoms with van der Waals surface area (Å²) in [5.74, 6) is 0.279. The Kier molecular flexibility index (Phi) is 7.17. The summed E-state index contributed by atoms with van der Waals surface area (Å²) in [6, 6.07) is 32.4. The molecule has 0 saturated heterocycles. The largest absolute Gasteiger partial charge is 0.481 e. The molecule has 0 aliphatic heterocycles. The number of carboxylic acid groups (broad SMARTS) is 1. The number of carboxylic acids is 1. The first-order valence-corrected chi connectivity index (χ1v) is 12.2. The predicted octanol–water partition coefficient (Wildman–Crippen LogP) is 6.40. The molecule has 0 fully saturated rings. The summed E-state index contributed by atoms with van der Waals surface area (Å²) in [5.41, 5.74) is 5.38. The second kappa shape index (κ2) is 11.0. The molecule has 4 aromatic carbocycles. The highest BCUT2D eigenvalue weighted by atomic mass is 16.5. The number of carbonyl (C=O) groups excluding carboxylic acids is 1. The summed E-state index contributed by atoms with van der Waals surface area (Å²) in [7, 11) is 0. The van der Waals surface area contributed by atoms with Crippen LogP contribution in [0.3, 0.4) is 0 Å². The molecular weight excluding hydrogens is 466 g/mol. The minimum absolute atomic E-state index is 0.0668. The van der Waals surface area contributed by atoms with E-state index in [1.54, 1.807) is 0 Å². The second-order valence-corrected chi connectivity index (χ2v) is 9.03. The molecule has 1 atom stereocenters. The molecule has 1 aliphatic rings. The van der Waals surface area contributed by atoms with Gasteiger partial charge in [0, 0.05) is 12.0 Å². The molecule has 5 rings (SSSR count). The maximum absolute atomic E-state index is 12.8. The fourth-order valence-electron chi connectivity index (χ4n) is 4.84. The van der Waals surface area contributed by atoms with Crippen molar-refractivity contribution in [1.29, 1.82) is 0 Å². The van der Waals surface area contributed by atoms with Gasteiger partial charge in [0.2, 0.25) is 0 Å². The number of alkyl carbamates (subject to hydrolysis) is 1. The Hall–Kier alpha value is -4.58. The van der Waals surface area contributed by atoms with Gasteiger partial charge >= 0.3 is 12.1 Å². The Morgan fingerprint density at radius 2 is 1.41 bits per heavy atom. The minimum atomic E-state index is -0.999. The number of fused-ring (bicyclic) bond motifs is 3. The van der Waals surface area contributed by atoms with Crippen LogP contribution in [0.15, 0.2) is 103 Å². The Balaban J connectivity index is 1.24. The molecule has 4 aromatic rings. The molecule has 0 aromatic heterocycles. The van der Waals surface area contributed by atoms with Gasteiger partial charge < -0.3 is 19.9 Å². The number of benzene rings is 4. The van der Waals surface area contributed by atoms with Crippen molar-refractivity contribution in [2.45, 2.75) is 24.8 Å². The quantitative estimate of drug-likeness (QED) is 0.282. The van der Waals surface area contributed by atoms with Crippen LogP contribution in [-0.4, -0.2) is 29.8 Å². The van der Waals surface area contributed by atoms with Crippen LogP contribution in [0.25, 0.3) is 11.1 Å². The van der Waals surface area contributed by atoms with Crippen molar-refractivity contribution in [2.24, 2.45) is 0 Å². The third-order valence-corrected chi connectivity index (χ3v) is 6.45. The summed E-state index contributed by atoms with van der Waals surface area (Å²) < 4.78 is 11.5. The van der Waals surface area contributed by atoms with Crippen LogP contribution >= 0.6 is 0 Å². The number of hydrogen-bond acceptors (Lipinski definition) is 4. The van der Waals surface area contributed by atoms with Crippen LogP contribution < -0.4 is 10.1 Å². The average Bonchev–Trinajstić information content (AvgIpc) is 3.21. The van der Waals surface area contributed by atoms with Crippen molar-refractivity contribution in [3.63, 3.8) is 0 Å². The maximum atomic E-state index is 12.8. The molecule has 6 heteroatoms. The van der Waals surface area contributed by atoms with Crippen LogP contribution in [0.1, 0.15) is 29.0 Å². The van der Waals surface area contributed by atoms with Crippen LogP contribution in [0.5, 0.6) is 11.5 Å². The topological polar surface area (TPSA) is 84.9 Å². The highest BCUT2D eigenvalue weighted by Gasteiger charge is 2.29. The van der Waals surface area contributed by atoms with Crippen LogP contribution in [-0.2, 0) is 16.0 Å². The lowest BCUT2D eigenvalue weighted by Gasteiger charge is -2.19. The zero-order valence-electron chi connectivity index (χ0n) is 20.2. The zero-order chi connectivity index (χ0) is 25.6. The van der Waals surface area contributed by atoms with Gasteiger partial charge in [-0.3, -0.25) is 4.79 Å². The molecule has 186 valence electrons. The van der Waals surface area contributed by atoms with Crippen molar-refractivity contribution in [1.82, 2.24) is 5.32 Å². The average molecular weight is 494 g/mol. The Morgan fingerprint density at radius 3 is 2.08 bits per heavy atom. The van der Waals surface area contributed by atoms with E-state index in [0.29, 0.717) is 17.9 Å². The first kappa shape index (κ1) is 24.1. The van der Waals surface area contributed by atoms with Gasteiger partial charge in [0.15, 0.2) is 0 Å². The Morgan fingerprint density at radius 1 is 0.784 bits per heavy atom. The molecule has 1 unspecified atom stereocenters. The fourth-order valence-corrected chi connectivity index (χ4v) is 4.84. The molecule has 0 radical (unpaired) electrons. The van der Waals surface area contributed by atoms with Gasteiger partial charge in [-0.2, -0.15) is 0 Å². The molecule has 0 heterocycles. The van der Waals surface area contributed by atoms with E-state index >= 15 is 0 Å². The number of para-hydroxylation sites is 1. The van der Waals surface area contributed by atoms with E-state index in [1.807, 2.05) is 78.9 Å². The molecule has 2 N–H and O–H groups in total. The van der Waals surface area contributed by atoms with Crippen molar-refractivity contribution < 1.29 is 24.2 Å². The Bertz CT molecular complexity index is 1360. The molecule has 37 heavy (non-hydrogen) atoms. The van der Waals surface area contributed by atoms with Crippen molar-refractivity contribution in [2.75, 3.05) is 6.61 Å². The van der Waals surface area contributed by atoms with Crippen molar-refractivity contribution in [3.8, 4) is 22.6 Å². The van der Waals surface area contributed by atoms with Gasteiger partial charge in [0.1, 0.15) is 18.1 Å². The van der Waals surface area contributed by atoms with Gasteiger partial charge in [-0.15, -0.1) is 0 Å². The monoisotopic (exact) mass is 493 g/mol. The predicted molar refractivity (Wildman–Crippen MR) is 141 cm³/mol. The van der Waals surface area contributed by atoms with E-state index in [-0.39, 0.29) is 18.9 Å². The van der Waals surface area contributed by atoms with E-state index in [9.17, 15) is 14.7 Å². The molecule has 6 nitrogen and oxygen atoms in total. The number of aliphatic carboxylic acids is 1. The highest BCUT2D eigenvalue weighted by Crippen LogP contribution is 2.44. The second-order valence-electron chi connectivity index (χ2n) is 9.03. The van der Waals surface area contributed by atoms with Crippen molar-refractivity contribution in [3.05, 3.63) is 120 Å². The minimum Gasteiger partial charge on any atom is -0.481 e. The first-order chi connectivity index (χ1) is 18.1. The molecule has 0 spiro atoms. The maximum Gasteiger partial charge on any atom is 0.407 e. The lowest BCUT2D eigenvalue weighted by molar-refractivity contribution is -0.137. The smallest absolute Gasteiger partial charge is 0.407 e. The molecule has 1 amide bonds. The van der Waals surface area contributed by atoms with Gasteiger partial charge in [0.05, 0.1) is 6.42 Å². The van der Waals surface area contributed by atoms with Crippen LogP contribution in [0, 0.1) is 0 Å². The van der Waals surface area contributed by atoms with Gasteiger partial charge in [-0.05, 0) is 58.5 Å². The number of amides is 1. The molecular formula is C31H27NO5. The van der Waals surface area contributed by atoms with Crippen LogP contribution in [0.2, 0.25) is 0 Å². The first-order valence-electron chi connectivity index (χ1n) is 12.2. The normalized spacial score (nSPS) is 12.8. The van der Waals surface area contributed by atoms with E-state index in [2.05, 4.69) is 29.6 Å². The van der Waals surface area contributed by atoms with Gasteiger partial charge in [-0.1, -0.05) is 78.9 Å². The van der Waals surface area contributed by atoms with E-state index < -0.39 is 18.1 Å². The van der Waals surface area contributed by atoms with Gasteiger partial charge in [0.25, 0.3) is 0 Å². The highest BCUT2D eigenvalue weighted by molar-refractivity contribution is 5.79. The summed E-state index contributed by atoms with van der Waals surface area (Å²) in [4.78, 5) is 24.3. The number of carbonyl (C=O) groups is 2. The summed E-state index contributed by atoms with van der Waals surface area (Å²) >= 11 is 0. The third-order valence-electron chi connectivity index (χ3n) is 6.45. The van der Waals surface area contributed by atoms with E-state index in [4.69, 9.17) is 9.47 Å². The molecule has 0 bridgehead atoms. The Labute approximate surface area is 215 Å². The lowest BCUT2D eigenvalue weighted by atomic mass is 9.98. The molecule has 1 aliphatic carbocycles. The van der Waals surface area contributed by atoms with Crippen LogP contribution in [0.4, 0.5) is 4.79 Å². The van der Waals surface area contributed by atoms with E-state index in [1.165, 1.54) is 0 Å². The number of rotatable bonds is 9. The standard InChI is InChI=1S/C31H27NO5/c33-30(34)19-22(17-21-9-8-12-24(18-21)37-23-10-2-1-3-11-23)32-31(35)36-20-29-27-15-6-4-13-25(27)26-14-5-7-16-28(26)29/h1-16,18,22,29H,17,19-20H2,(H,32,35)(H,33,34).